The Balaban J connectivity index is 1.66. The summed E-state index contributed by atoms with van der Waals surface area (Å²) in [6, 6.07) is 5.01. The van der Waals surface area contributed by atoms with Crippen LogP contribution in [-0.4, -0.2) is 42.6 Å². The highest BCUT2D eigenvalue weighted by atomic mass is 32.2. The van der Waals surface area contributed by atoms with Gasteiger partial charge in [-0.15, -0.1) is 0 Å². The molecule has 1 aliphatic heterocycles. The molecule has 0 saturated heterocycles. The van der Waals surface area contributed by atoms with E-state index in [0.29, 0.717) is 18.5 Å². The fourth-order valence-electron chi connectivity index (χ4n) is 3.67. The van der Waals surface area contributed by atoms with Gasteiger partial charge in [-0.25, -0.2) is 18.5 Å². The van der Waals surface area contributed by atoms with Crippen LogP contribution in [0.15, 0.2) is 35.4 Å². The number of aromatic nitrogens is 2. The van der Waals surface area contributed by atoms with Gasteiger partial charge in [-0.1, -0.05) is 12.8 Å². The van der Waals surface area contributed by atoms with E-state index in [1.54, 1.807) is 0 Å². The maximum absolute atomic E-state index is 13.4. The van der Waals surface area contributed by atoms with Crippen molar-refractivity contribution in [3.05, 3.63) is 30.5 Å². The summed E-state index contributed by atoms with van der Waals surface area (Å²) in [6.07, 6.45) is -3.66. The summed E-state index contributed by atoms with van der Waals surface area (Å²) in [5.74, 6) is -1.46. The third-order valence-electron chi connectivity index (χ3n) is 5.10. The Hall–Kier alpha value is -2.93. The number of anilines is 3. The topological polar surface area (TPSA) is 128 Å². The van der Waals surface area contributed by atoms with Gasteiger partial charge < -0.3 is 10.1 Å². The average Bonchev–Trinajstić information content (AvgIpc) is 3.20. The second kappa shape index (κ2) is 7.64. The highest BCUT2D eigenvalue weighted by Gasteiger charge is 2.54. The van der Waals surface area contributed by atoms with Gasteiger partial charge >= 0.3 is 6.18 Å². The molecule has 2 aliphatic rings. The molecule has 2 heterocycles. The summed E-state index contributed by atoms with van der Waals surface area (Å²) in [7, 11) is -3.86. The molecule has 0 spiro atoms. The summed E-state index contributed by atoms with van der Waals surface area (Å²) < 4.78 is 67.7. The number of carbonyl (C=O) groups is 1. The van der Waals surface area contributed by atoms with Crippen LogP contribution in [0.25, 0.3) is 0 Å². The Labute approximate surface area is 175 Å². The molecule has 0 radical (unpaired) electrons. The molecule has 1 saturated carbocycles. The molecule has 1 unspecified atom stereocenters. The van der Waals surface area contributed by atoms with Crippen molar-refractivity contribution in [3.8, 4) is 5.75 Å². The Kier molecular flexibility index (Phi) is 5.25. The maximum atomic E-state index is 13.4. The number of hydrogen-bond donors (Lipinski definition) is 2. The molecule has 1 aliphatic carbocycles. The Bertz CT molecular complexity index is 1100. The lowest BCUT2D eigenvalue weighted by Crippen LogP contribution is -2.56. The standard InChI is InChI=1S/C18H18F3N5O4S/c19-18(20,21)14-16(27)26(11-3-1-2-4-11)15-13(30-14)9-23-17(25-15)24-10-5-7-12(8-6-10)31(22,28)29/h5-9,11,14H,1-4H2,(H2,22,28,29)(H,23,24,25). The number of sulfonamides is 1. The summed E-state index contributed by atoms with van der Waals surface area (Å²) in [6.45, 7) is 0. The van der Waals surface area contributed by atoms with Gasteiger partial charge in [-0.2, -0.15) is 18.2 Å². The fraction of sp³-hybridized carbons (Fsp3) is 0.389. The van der Waals surface area contributed by atoms with E-state index in [2.05, 4.69) is 15.3 Å². The van der Waals surface area contributed by atoms with Crippen LogP contribution in [0.5, 0.6) is 5.75 Å². The molecule has 9 nitrogen and oxygen atoms in total. The van der Waals surface area contributed by atoms with Gasteiger partial charge in [0.25, 0.3) is 12.0 Å². The third-order valence-corrected chi connectivity index (χ3v) is 6.03. The van der Waals surface area contributed by atoms with Crippen LogP contribution in [0.3, 0.4) is 0 Å². The van der Waals surface area contributed by atoms with Crippen molar-refractivity contribution in [3.63, 3.8) is 0 Å². The van der Waals surface area contributed by atoms with Crippen LogP contribution >= 0.6 is 0 Å². The fourth-order valence-corrected chi connectivity index (χ4v) is 4.18. The van der Waals surface area contributed by atoms with Crippen molar-refractivity contribution in [2.75, 3.05) is 10.2 Å². The zero-order valence-electron chi connectivity index (χ0n) is 16.0. The molecular weight excluding hydrogens is 439 g/mol. The molecule has 3 N–H and O–H groups in total. The van der Waals surface area contributed by atoms with Crippen LogP contribution in [0, 0.1) is 0 Å². The van der Waals surface area contributed by atoms with Gasteiger partial charge in [0.2, 0.25) is 16.0 Å². The summed E-state index contributed by atoms with van der Waals surface area (Å²) >= 11 is 0. The molecule has 0 bridgehead atoms. The van der Waals surface area contributed by atoms with Crippen LogP contribution in [0.1, 0.15) is 25.7 Å². The van der Waals surface area contributed by atoms with Crippen LogP contribution in [0.2, 0.25) is 0 Å². The lowest BCUT2D eigenvalue weighted by molar-refractivity contribution is -0.198. The molecule has 31 heavy (non-hydrogen) atoms. The number of nitrogens with zero attached hydrogens (tertiary/aromatic N) is 3. The molecule has 1 atom stereocenters. The Morgan fingerprint density at radius 1 is 1.16 bits per heavy atom. The van der Waals surface area contributed by atoms with Crippen molar-refractivity contribution < 1.29 is 31.1 Å². The SMILES string of the molecule is NS(=O)(=O)c1ccc(Nc2ncc3c(n2)N(C2CCCC2)C(=O)C(C(F)(F)F)O3)cc1. The molecule has 1 fully saturated rings. The van der Waals surface area contributed by atoms with Crippen molar-refractivity contribution in [1.82, 2.24) is 9.97 Å². The lowest BCUT2D eigenvalue weighted by atomic mass is 10.1. The summed E-state index contributed by atoms with van der Waals surface area (Å²) in [4.78, 5) is 21.8. The molecule has 1 aromatic carbocycles. The normalized spacial score (nSPS) is 19.8. The van der Waals surface area contributed by atoms with E-state index >= 15 is 0 Å². The van der Waals surface area contributed by atoms with E-state index in [-0.39, 0.29) is 22.4 Å². The minimum Gasteiger partial charge on any atom is -0.465 e. The van der Waals surface area contributed by atoms with Crippen LogP contribution < -0.4 is 20.1 Å². The largest absolute Gasteiger partial charge is 0.465 e. The number of carbonyl (C=O) groups excluding carboxylic acids is 1. The van der Waals surface area contributed by atoms with Gasteiger partial charge in [0.1, 0.15) is 0 Å². The molecular formula is C18H18F3N5O4S. The minimum atomic E-state index is -4.87. The number of nitrogens with one attached hydrogen (secondary N) is 1. The van der Waals surface area contributed by atoms with Crippen molar-refractivity contribution in [2.45, 2.75) is 48.9 Å². The van der Waals surface area contributed by atoms with Crippen molar-refractivity contribution >= 4 is 33.4 Å². The zero-order valence-corrected chi connectivity index (χ0v) is 16.8. The van der Waals surface area contributed by atoms with Gasteiger partial charge in [-0.3, -0.25) is 9.69 Å². The predicted molar refractivity (Wildman–Crippen MR) is 103 cm³/mol. The Morgan fingerprint density at radius 3 is 2.39 bits per heavy atom. The van der Waals surface area contributed by atoms with E-state index < -0.39 is 34.3 Å². The van der Waals surface area contributed by atoms with Gasteiger partial charge in [0.05, 0.1) is 11.1 Å². The highest BCUT2D eigenvalue weighted by molar-refractivity contribution is 7.89. The number of amides is 1. The third kappa shape index (κ3) is 4.28. The minimum absolute atomic E-state index is 0.00645. The number of halogens is 3. The molecule has 166 valence electrons. The predicted octanol–water partition coefficient (Wildman–Crippen LogP) is 2.47. The average molecular weight is 457 g/mol. The van der Waals surface area contributed by atoms with E-state index in [4.69, 9.17) is 9.88 Å². The van der Waals surface area contributed by atoms with Crippen LogP contribution in [-0.2, 0) is 14.8 Å². The number of rotatable bonds is 4. The van der Waals surface area contributed by atoms with Gasteiger partial charge in [0, 0.05) is 11.7 Å². The van der Waals surface area contributed by atoms with Crippen LogP contribution in [0.4, 0.5) is 30.6 Å². The first-order valence-electron chi connectivity index (χ1n) is 9.37. The molecule has 4 rings (SSSR count). The highest BCUT2D eigenvalue weighted by Crippen LogP contribution is 2.41. The number of alkyl halides is 3. The molecule has 1 aromatic heterocycles. The zero-order chi connectivity index (χ0) is 22.4. The van der Waals surface area contributed by atoms with Gasteiger partial charge in [0.15, 0.2) is 11.6 Å². The summed E-state index contributed by atoms with van der Waals surface area (Å²) in [5.41, 5.74) is 0.413. The van der Waals surface area contributed by atoms with Crippen molar-refractivity contribution in [1.29, 1.82) is 0 Å². The van der Waals surface area contributed by atoms with Gasteiger partial charge in [-0.05, 0) is 37.1 Å². The number of benzene rings is 1. The lowest BCUT2D eigenvalue weighted by Gasteiger charge is -2.37. The van der Waals surface area contributed by atoms with Crippen molar-refractivity contribution in [2.24, 2.45) is 5.14 Å². The summed E-state index contributed by atoms with van der Waals surface area (Å²) in [5, 5.41) is 7.89. The first-order chi connectivity index (χ1) is 14.5. The molecule has 13 heteroatoms. The second-order valence-corrected chi connectivity index (χ2v) is 8.82. The second-order valence-electron chi connectivity index (χ2n) is 7.26. The smallest absolute Gasteiger partial charge is 0.434 e. The van der Waals surface area contributed by atoms with E-state index in [1.807, 2.05) is 0 Å². The number of nitrogens with two attached hydrogens (primary N) is 1. The Morgan fingerprint density at radius 2 is 1.81 bits per heavy atom. The quantitative estimate of drug-likeness (QED) is 0.722. The van der Waals surface area contributed by atoms with E-state index in [9.17, 15) is 26.4 Å². The van der Waals surface area contributed by atoms with E-state index in [0.717, 1.165) is 23.9 Å². The maximum Gasteiger partial charge on any atom is 0.434 e. The molecule has 1 amide bonds. The monoisotopic (exact) mass is 457 g/mol. The van der Waals surface area contributed by atoms with E-state index in [1.165, 1.54) is 24.3 Å². The molecule has 2 aromatic rings. The first-order valence-corrected chi connectivity index (χ1v) is 10.9. The number of primary sulfonamides is 1. The number of fused-ring (bicyclic) bond motifs is 1. The first kappa shape index (κ1) is 21.3. The number of hydrogen-bond acceptors (Lipinski definition) is 7. The number of ether oxygens (including phenoxy) is 1.